The first kappa shape index (κ1) is 8.85. The fourth-order valence-corrected chi connectivity index (χ4v) is 1.21. The Hall–Kier alpha value is -1.24. The Morgan fingerprint density at radius 2 is 2.08 bits per heavy atom. The third kappa shape index (κ3) is 1.67. The van der Waals surface area contributed by atoms with Crippen LogP contribution < -0.4 is 5.32 Å². The van der Waals surface area contributed by atoms with Gasteiger partial charge in [-0.3, -0.25) is 0 Å². The van der Waals surface area contributed by atoms with Crippen LogP contribution in [-0.2, 0) is 0 Å². The van der Waals surface area contributed by atoms with E-state index in [1.807, 2.05) is 14.0 Å². The number of rotatable bonds is 2. The van der Waals surface area contributed by atoms with Crippen molar-refractivity contribution in [3.05, 3.63) is 35.9 Å². The van der Waals surface area contributed by atoms with Crippen LogP contribution in [-0.4, -0.2) is 7.05 Å². The Balaban J connectivity index is 3.10. The van der Waals surface area contributed by atoms with Crippen LogP contribution in [0, 0.1) is 6.92 Å². The van der Waals surface area contributed by atoms with Gasteiger partial charge in [0.1, 0.15) is 0 Å². The summed E-state index contributed by atoms with van der Waals surface area (Å²) in [5, 5.41) is 3.13. The van der Waals surface area contributed by atoms with Crippen molar-refractivity contribution in [1.82, 2.24) is 0 Å². The summed E-state index contributed by atoms with van der Waals surface area (Å²) in [6.07, 6.45) is 0. The van der Waals surface area contributed by atoms with Crippen molar-refractivity contribution in [3.8, 4) is 0 Å². The quantitative estimate of drug-likeness (QED) is 0.703. The van der Waals surface area contributed by atoms with E-state index >= 15 is 0 Å². The topological polar surface area (TPSA) is 12.0 Å². The molecule has 0 atom stereocenters. The average molecular weight is 161 g/mol. The van der Waals surface area contributed by atoms with Gasteiger partial charge in [0.2, 0.25) is 0 Å². The predicted molar refractivity (Wildman–Crippen MR) is 55.4 cm³/mol. The van der Waals surface area contributed by atoms with E-state index in [1.165, 1.54) is 16.8 Å². The summed E-state index contributed by atoms with van der Waals surface area (Å²) in [4.78, 5) is 0. The Labute approximate surface area is 74.1 Å². The highest BCUT2D eigenvalue weighted by Crippen LogP contribution is 2.19. The van der Waals surface area contributed by atoms with Gasteiger partial charge in [-0.1, -0.05) is 18.2 Å². The third-order valence-corrected chi connectivity index (χ3v) is 1.99. The molecule has 1 aromatic rings. The summed E-state index contributed by atoms with van der Waals surface area (Å²) in [6.45, 7) is 8.02. The molecule has 64 valence electrons. The van der Waals surface area contributed by atoms with Crippen molar-refractivity contribution < 1.29 is 0 Å². The van der Waals surface area contributed by atoms with Gasteiger partial charge in [-0.2, -0.15) is 0 Å². The van der Waals surface area contributed by atoms with Gasteiger partial charge in [0, 0.05) is 12.7 Å². The van der Waals surface area contributed by atoms with Crippen LogP contribution in [0.1, 0.15) is 18.1 Å². The van der Waals surface area contributed by atoms with Gasteiger partial charge in [-0.25, -0.2) is 0 Å². The average Bonchev–Trinajstić information content (AvgIpc) is 2.04. The zero-order valence-corrected chi connectivity index (χ0v) is 7.94. The number of hydrogen-bond acceptors (Lipinski definition) is 1. The maximum Gasteiger partial charge on any atom is 0.0367 e. The van der Waals surface area contributed by atoms with Crippen LogP contribution >= 0.6 is 0 Å². The molecule has 0 fully saturated rings. The molecule has 0 saturated heterocycles. The minimum atomic E-state index is 1.11. The maximum atomic E-state index is 3.90. The van der Waals surface area contributed by atoms with Gasteiger partial charge in [-0.15, -0.1) is 0 Å². The largest absolute Gasteiger partial charge is 0.388 e. The Bertz CT molecular complexity index is 300. The fourth-order valence-electron chi connectivity index (χ4n) is 1.21. The number of hydrogen-bond donors (Lipinski definition) is 1. The molecule has 1 N–H and O–H groups in total. The molecular formula is C11H15N. The molecule has 1 nitrogen and oxygen atoms in total. The molecule has 0 unspecified atom stereocenters. The van der Waals surface area contributed by atoms with Gasteiger partial charge < -0.3 is 5.32 Å². The minimum absolute atomic E-state index is 1.11. The molecule has 0 saturated carbocycles. The van der Waals surface area contributed by atoms with E-state index in [2.05, 4.69) is 37.0 Å². The lowest BCUT2D eigenvalue weighted by atomic mass is 10.1. The third-order valence-electron chi connectivity index (χ3n) is 1.99. The number of aryl methyl sites for hydroxylation is 1. The second-order valence-corrected chi connectivity index (χ2v) is 3.06. The summed E-state index contributed by atoms with van der Waals surface area (Å²) >= 11 is 0. The number of nitrogens with one attached hydrogen (secondary N) is 1. The molecular weight excluding hydrogens is 146 g/mol. The van der Waals surface area contributed by atoms with E-state index in [-0.39, 0.29) is 0 Å². The molecule has 1 aromatic carbocycles. The normalized spacial score (nSPS) is 9.58. The van der Waals surface area contributed by atoms with Gasteiger partial charge in [0.05, 0.1) is 0 Å². The van der Waals surface area contributed by atoms with E-state index in [0.29, 0.717) is 0 Å². The van der Waals surface area contributed by atoms with Crippen molar-refractivity contribution in [2.75, 3.05) is 12.4 Å². The van der Waals surface area contributed by atoms with E-state index in [4.69, 9.17) is 0 Å². The SMILES string of the molecule is C=C(C)c1ccc(NC)c(C)c1. The maximum absolute atomic E-state index is 3.90. The first-order chi connectivity index (χ1) is 5.65. The Kier molecular flexibility index (Phi) is 2.54. The molecule has 12 heavy (non-hydrogen) atoms. The van der Waals surface area contributed by atoms with Gasteiger partial charge in [0.15, 0.2) is 0 Å². The Morgan fingerprint density at radius 3 is 2.50 bits per heavy atom. The lowest BCUT2D eigenvalue weighted by molar-refractivity contribution is 1.39. The summed E-state index contributed by atoms with van der Waals surface area (Å²) in [5.74, 6) is 0. The molecule has 0 heterocycles. The lowest BCUT2D eigenvalue weighted by Gasteiger charge is -2.07. The second-order valence-electron chi connectivity index (χ2n) is 3.06. The van der Waals surface area contributed by atoms with Crippen molar-refractivity contribution in [1.29, 1.82) is 0 Å². The predicted octanol–water partition coefficient (Wildman–Crippen LogP) is 3.07. The molecule has 0 aliphatic heterocycles. The molecule has 0 aliphatic rings. The minimum Gasteiger partial charge on any atom is -0.388 e. The van der Waals surface area contributed by atoms with Crippen molar-refractivity contribution in [2.24, 2.45) is 0 Å². The van der Waals surface area contributed by atoms with Crippen LogP contribution in [0.15, 0.2) is 24.8 Å². The molecule has 0 bridgehead atoms. The van der Waals surface area contributed by atoms with Crippen LogP contribution in [0.3, 0.4) is 0 Å². The number of allylic oxidation sites excluding steroid dienone is 1. The van der Waals surface area contributed by atoms with Gasteiger partial charge in [-0.05, 0) is 37.1 Å². The first-order valence-corrected chi connectivity index (χ1v) is 4.09. The summed E-state index contributed by atoms with van der Waals surface area (Å²) in [6, 6.07) is 6.31. The van der Waals surface area contributed by atoms with Gasteiger partial charge >= 0.3 is 0 Å². The Morgan fingerprint density at radius 1 is 1.42 bits per heavy atom. The van der Waals surface area contributed by atoms with Crippen LogP contribution in [0.2, 0.25) is 0 Å². The molecule has 0 radical (unpaired) electrons. The van der Waals surface area contributed by atoms with Crippen LogP contribution in [0.4, 0.5) is 5.69 Å². The van der Waals surface area contributed by atoms with E-state index in [9.17, 15) is 0 Å². The standard InChI is InChI=1S/C11H15N/c1-8(2)10-5-6-11(12-4)9(3)7-10/h5-7,12H,1H2,2-4H3. The van der Waals surface area contributed by atoms with Gasteiger partial charge in [0.25, 0.3) is 0 Å². The molecule has 0 aromatic heterocycles. The van der Waals surface area contributed by atoms with Crippen molar-refractivity contribution >= 4 is 11.3 Å². The van der Waals surface area contributed by atoms with Crippen LogP contribution in [0.5, 0.6) is 0 Å². The van der Waals surface area contributed by atoms with Crippen molar-refractivity contribution in [3.63, 3.8) is 0 Å². The summed E-state index contributed by atoms with van der Waals surface area (Å²) in [5.41, 5.74) is 4.77. The summed E-state index contributed by atoms with van der Waals surface area (Å²) < 4.78 is 0. The number of benzene rings is 1. The monoisotopic (exact) mass is 161 g/mol. The first-order valence-electron chi connectivity index (χ1n) is 4.09. The highest BCUT2D eigenvalue weighted by Gasteiger charge is 1.97. The number of anilines is 1. The second kappa shape index (κ2) is 3.44. The highest BCUT2D eigenvalue weighted by molar-refractivity contribution is 5.65. The molecule has 0 aliphatic carbocycles. The smallest absolute Gasteiger partial charge is 0.0367 e. The molecule has 1 rings (SSSR count). The molecule has 1 heteroatoms. The van der Waals surface area contributed by atoms with Crippen LogP contribution in [0.25, 0.3) is 5.57 Å². The molecule has 0 spiro atoms. The summed E-state index contributed by atoms with van der Waals surface area (Å²) in [7, 11) is 1.93. The van der Waals surface area contributed by atoms with E-state index in [1.54, 1.807) is 0 Å². The lowest BCUT2D eigenvalue weighted by Crippen LogP contribution is -1.92. The fraction of sp³-hybridized carbons (Fsp3) is 0.273. The molecule has 0 amide bonds. The zero-order chi connectivity index (χ0) is 9.14. The van der Waals surface area contributed by atoms with E-state index < -0.39 is 0 Å². The zero-order valence-electron chi connectivity index (χ0n) is 7.94. The van der Waals surface area contributed by atoms with Crippen molar-refractivity contribution in [2.45, 2.75) is 13.8 Å². The van der Waals surface area contributed by atoms with E-state index in [0.717, 1.165) is 5.57 Å². The highest BCUT2D eigenvalue weighted by atomic mass is 14.8.